The van der Waals surface area contributed by atoms with E-state index in [4.69, 9.17) is 9.72 Å². The van der Waals surface area contributed by atoms with Crippen LogP contribution in [0.1, 0.15) is 94.1 Å². The molecule has 4 amide bonds. The number of pyridine rings is 1. The van der Waals surface area contributed by atoms with Gasteiger partial charge in [0.05, 0.1) is 40.5 Å². The number of carboxylic acids is 1. The maximum absolute atomic E-state index is 13.7. The molecule has 4 aliphatic heterocycles. The number of nitrogens with one attached hydrogen (secondary N) is 3. The third-order valence-corrected chi connectivity index (χ3v) is 15.9. The van der Waals surface area contributed by atoms with Crippen LogP contribution in [0.2, 0.25) is 0 Å². The first kappa shape index (κ1) is 47.6. The number of fused-ring (bicyclic) bond motifs is 5. The molecule has 0 radical (unpaired) electrons. The molecule has 4 aliphatic rings. The second-order valence-corrected chi connectivity index (χ2v) is 20.6. The van der Waals surface area contributed by atoms with Crippen molar-refractivity contribution in [3.8, 4) is 16.9 Å². The van der Waals surface area contributed by atoms with Gasteiger partial charge in [-0.2, -0.15) is 5.10 Å². The van der Waals surface area contributed by atoms with Gasteiger partial charge in [0.15, 0.2) is 10.8 Å². The van der Waals surface area contributed by atoms with Gasteiger partial charge in [0.1, 0.15) is 11.6 Å². The van der Waals surface area contributed by atoms with Gasteiger partial charge in [-0.3, -0.25) is 39.4 Å². The van der Waals surface area contributed by atoms with E-state index >= 15 is 0 Å². The van der Waals surface area contributed by atoms with Gasteiger partial charge in [0.25, 0.3) is 5.91 Å². The number of benzene rings is 4. The van der Waals surface area contributed by atoms with E-state index in [1.54, 1.807) is 4.68 Å². The molecule has 2 saturated heterocycles. The molecule has 73 heavy (non-hydrogen) atoms. The molecule has 3 unspecified atom stereocenters. The highest BCUT2D eigenvalue weighted by atomic mass is 32.1. The Bertz CT molecular complexity index is 3350. The molecule has 17 heteroatoms. The zero-order valence-electron chi connectivity index (χ0n) is 40.6. The number of carbonyl (C=O) groups excluding carboxylic acids is 4. The van der Waals surface area contributed by atoms with Gasteiger partial charge in [-0.1, -0.05) is 59.9 Å². The molecular formula is C56H55N9O7S. The maximum atomic E-state index is 13.7. The minimum absolute atomic E-state index is 0.0536. The van der Waals surface area contributed by atoms with E-state index in [0.29, 0.717) is 77.7 Å². The van der Waals surface area contributed by atoms with Crippen LogP contribution in [0.25, 0.3) is 32.2 Å². The fourth-order valence-electron chi connectivity index (χ4n) is 11.3. The lowest BCUT2D eigenvalue weighted by molar-refractivity contribution is -0.134. The minimum Gasteiger partial charge on any atom is -0.493 e. The van der Waals surface area contributed by atoms with Crippen molar-refractivity contribution >= 4 is 78.7 Å². The topological polar surface area (TPSA) is 201 Å². The molecule has 4 aromatic carbocycles. The summed E-state index contributed by atoms with van der Waals surface area (Å²) in [5.74, 6) is -0.862. The Morgan fingerprint density at radius 2 is 1.79 bits per heavy atom. The van der Waals surface area contributed by atoms with Gasteiger partial charge in [0.2, 0.25) is 17.7 Å². The molecule has 7 aromatic rings. The van der Waals surface area contributed by atoms with E-state index in [0.717, 1.165) is 75.5 Å². The van der Waals surface area contributed by atoms with Gasteiger partial charge in [0, 0.05) is 60.8 Å². The van der Waals surface area contributed by atoms with Crippen molar-refractivity contribution in [2.75, 3.05) is 35.2 Å². The number of piperidine rings is 2. The van der Waals surface area contributed by atoms with Crippen LogP contribution in [0.3, 0.4) is 0 Å². The number of para-hydroxylation sites is 1. The molecule has 3 aromatic heterocycles. The first-order valence-corrected chi connectivity index (χ1v) is 25.8. The summed E-state index contributed by atoms with van der Waals surface area (Å²) in [6.07, 6.45) is 10.5. The number of imide groups is 1. The predicted octanol–water partition coefficient (Wildman–Crippen LogP) is 8.79. The largest absolute Gasteiger partial charge is 0.493 e. The summed E-state index contributed by atoms with van der Waals surface area (Å²) in [4.78, 5) is 78.1. The molecule has 4 N–H and O–H groups in total. The lowest BCUT2D eigenvalue weighted by Crippen LogP contribution is -2.52. The summed E-state index contributed by atoms with van der Waals surface area (Å²) in [5.41, 5.74) is 7.43. The lowest BCUT2D eigenvalue weighted by atomic mass is 9.79. The number of amides is 4. The number of aryl methyl sites for hydroxylation is 1. The van der Waals surface area contributed by atoms with Gasteiger partial charge in [-0.05, 0) is 135 Å². The summed E-state index contributed by atoms with van der Waals surface area (Å²) in [6, 6.07) is 28.9. The summed E-state index contributed by atoms with van der Waals surface area (Å²) in [7, 11) is 1.81. The first-order valence-electron chi connectivity index (χ1n) is 25.0. The Kier molecular flexibility index (Phi) is 13.1. The smallest absolute Gasteiger partial charge is 0.355 e. The number of rotatable bonds is 14. The molecule has 0 aliphatic carbocycles. The third-order valence-electron chi connectivity index (χ3n) is 14.9. The van der Waals surface area contributed by atoms with Crippen molar-refractivity contribution in [1.29, 1.82) is 0 Å². The van der Waals surface area contributed by atoms with Gasteiger partial charge >= 0.3 is 5.97 Å². The van der Waals surface area contributed by atoms with Crippen LogP contribution < -0.4 is 25.6 Å². The number of hydrogen-bond acceptors (Lipinski definition) is 12. The average molecular weight is 998 g/mol. The van der Waals surface area contributed by atoms with Crippen LogP contribution >= 0.6 is 11.3 Å². The van der Waals surface area contributed by atoms with Crippen molar-refractivity contribution in [1.82, 2.24) is 30.0 Å². The number of anilines is 3. The van der Waals surface area contributed by atoms with Crippen molar-refractivity contribution in [3.63, 3.8) is 0 Å². The number of hydrogen-bond donors (Lipinski definition) is 4. The van der Waals surface area contributed by atoms with Crippen LogP contribution in [-0.2, 0) is 34.4 Å². The van der Waals surface area contributed by atoms with E-state index in [1.165, 1.54) is 11.3 Å². The van der Waals surface area contributed by atoms with Crippen LogP contribution in [0.5, 0.6) is 5.75 Å². The molecular weight excluding hydrogens is 943 g/mol. The molecule has 0 spiro atoms. The van der Waals surface area contributed by atoms with Crippen molar-refractivity contribution < 1.29 is 33.8 Å². The predicted molar refractivity (Wildman–Crippen MR) is 280 cm³/mol. The third kappa shape index (κ3) is 9.69. The average Bonchev–Trinajstić information content (AvgIpc) is 3.94. The molecule has 2 bridgehead atoms. The number of carbonyl (C=O) groups is 5. The molecule has 0 saturated carbocycles. The Hall–Kier alpha value is -7.76. The highest BCUT2D eigenvalue weighted by Crippen LogP contribution is 2.38. The standard InChI is InChI=1S/C56H55N9O7S/c1-32-38(39-20-22-48(59-52(39)55(70)71)64-25-24-34-10-5-14-40(43(34)30-64)53(68)61-56-58-44-15-3-4-17-47(44)73-56)13-7-16-46(32)72-26-8-9-33-27-36-11-6-12-37(28-33)65(36)31-50(67)57-35-18-19-41-45(29-35)63(2)62-51(41)42-21-23-49(66)60-54(42)69/h3-7,10-11,13-20,22,29,33,36-37,42H,8-9,12,21,23-28,30-31H2,1-2H3,(H,57,67)(H,70,71)(H,58,61,68)(H,60,66,69)/t33-,36?,37?,42?/m0/s1. The van der Waals surface area contributed by atoms with E-state index in [9.17, 15) is 29.1 Å². The van der Waals surface area contributed by atoms with E-state index < -0.39 is 11.9 Å². The Morgan fingerprint density at radius 1 is 0.932 bits per heavy atom. The van der Waals surface area contributed by atoms with Crippen LogP contribution in [0.4, 0.5) is 16.6 Å². The monoisotopic (exact) mass is 997 g/mol. The highest BCUT2D eigenvalue weighted by Gasteiger charge is 2.37. The molecule has 372 valence electrons. The van der Waals surface area contributed by atoms with Crippen molar-refractivity contribution in [2.45, 2.75) is 82.8 Å². The van der Waals surface area contributed by atoms with Crippen LogP contribution in [-0.4, -0.2) is 91.1 Å². The summed E-state index contributed by atoms with van der Waals surface area (Å²) < 4.78 is 9.10. The highest BCUT2D eigenvalue weighted by molar-refractivity contribution is 7.22. The zero-order valence-corrected chi connectivity index (χ0v) is 41.4. The van der Waals surface area contributed by atoms with Crippen LogP contribution in [0, 0.1) is 12.8 Å². The van der Waals surface area contributed by atoms with Crippen molar-refractivity contribution in [3.05, 3.63) is 137 Å². The normalized spacial score (nSPS) is 19.7. The molecule has 7 heterocycles. The van der Waals surface area contributed by atoms with Gasteiger partial charge in [-0.25, -0.2) is 14.8 Å². The first-order chi connectivity index (χ1) is 35.4. The SMILES string of the molecule is Cc1c(OCCC[C@H]2CC3C=CCC(C2)N3CC(=O)Nc2ccc3c(C4CCC(=O)NC4=O)nn(C)c3c2)cccc1-c1ccc(N2CCc3cccc(C(=O)Nc4nc5ccccc5s4)c3C2)nc1C(=O)O. The van der Waals surface area contributed by atoms with E-state index in [2.05, 4.69) is 43.1 Å². The number of carboxylic acid groups (broad SMARTS) is 1. The second-order valence-electron chi connectivity index (χ2n) is 19.5. The number of nitrogens with zero attached hydrogens (tertiary/aromatic N) is 6. The molecule has 16 nitrogen and oxygen atoms in total. The minimum atomic E-state index is -1.13. The Labute approximate surface area is 425 Å². The summed E-state index contributed by atoms with van der Waals surface area (Å²) >= 11 is 1.43. The Balaban J connectivity index is 0.692. The molecule has 2 fully saturated rings. The maximum Gasteiger partial charge on any atom is 0.355 e. The zero-order chi connectivity index (χ0) is 50.3. The fraction of sp³-hybridized carbons (Fsp3) is 0.321. The van der Waals surface area contributed by atoms with Gasteiger partial charge < -0.3 is 20.1 Å². The van der Waals surface area contributed by atoms with Gasteiger partial charge in [-0.15, -0.1) is 0 Å². The van der Waals surface area contributed by atoms with E-state index in [1.807, 2.05) is 110 Å². The number of thiazole rings is 1. The quantitative estimate of drug-likeness (QED) is 0.0459. The number of ether oxygens (including phenoxy) is 1. The lowest BCUT2D eigenvalue weighted by Gasteiger charge is -2.46. The Morgan fingerprint density at radius 3 is 2.63 bits per heavy atom. The molecule has 11 rings (SSSR count). The van der Waals surface area contributed by atoms with Crippen LogP contribution in [0.15, 0.2) is 103 Å². The second kappa shape index (κ2) is 20.0. The fourth-order valence-corrected chi connectivity index (χ4v) is 12.2. The van der Waals surface area contributed by atoms with E-state index in [-0.39, 0.29) is 54.4 Å². The number of aromatic nitrogens is 4. The summed E-state index contributed by atoms with van der Waals surface area (Å²) in [6.45, 7) is 3.74. The van der Waals surface area contributed by atoms with Crippen molar-refractivity contribution in [2.24, 2.45) is 13.0 Å². The molecule has 4 atom stereocenters. The number of aromatic carboxylic acids is 1. The summed E-state index contributed by atoms with van der Waals surface area (Å²) in [5, 5.41) is 25.0.